The Kier molecular flexibility index (Phi) is 6.84. The van der Waals surface area contributed by atoms with Crippen molar-refractivity contribution in [2.75, 3.05) is 5.32 Å². The number of hydrogen-bond acceptors (Lipinski definition) is 7. The molecule has 6 nitrogen and oxygen atoms in total. The van der Waals surface area contributed by atoms with Crippen LogP contribution < -0.4 is 10.6 Å². The van der Waals surface area contributed by atoms with E-state index >= 15 is 0 Å². The molecule has 2 aromatic rings. The molecule has 1 amide bonds. The summed E-state index contributed by atoms with van der Waals surface area (Å²) >= 11 is 2.73. The molecular formula is C19H25N5OS2. The van der Waals surface area contributed by atoms with Gasteiger partial charge in [0, 0.05) is 5.69 Å². The van der Waals surface area contributed by atoms with Gasteiger partial charge in [0.2, 0.25) is 11.0 Å². The van der Waals surface area contributed by atoms with Crippen molar-refractivity contribution < 1.29 is 4.79 Å². The molecular weight excluding hydrogens is 378 g/mol. The Morgan fingerprint density at radius 2 is 1.96 bits per heavy atom. The first-order chi connectivity index (χ1) is 12.6. The maximum Gasteiger partial charge on any atom is 0.234 e. The number of amides is 1. The number of nitrogens with zero attached hydrogens (tertiary/aromatic N) is 3. The fraction of sp³-hybridized carbons (Fsp3) is 0.474. The average Bonchev–Trinajstić information content (AvgIpc) is 3.04. The van der Waals surface area contributed by atoms with Crippen molar-refractivity contribution in [3.05, 3.63) is 29.3 Å². The zero-order valence-corrected chi connectivity index (χ0v) is 18.1. The van der Waals surface area contributed by atoms with Gasteiger partial charge in [0.05, 0.1) is 11.3 Å². The van der Waals surface area contributed by atoms with Gasteiger partial charge in [-0.25, -0.2) is 0 Å². The van der Waals surface area contributed by atoms with Gasteiger partial charge in [0.15, 0.2) is 4.34 Å². The first kappa shape index (κ1) is 21.2. The number of carbonyl (C=O) groups excluding carboxylic acids is 1. The van der Waals surface area contributed by atoms with Crippen molar-refractivity contribution in [2.24, 2.45) is 5.92 Å². The molecule has 0 radical (unpaired) electrons. The number of hydrogen-bond donors (Lipinski definition) is 2. The van der Waals surface area contributed by atoms with Crippen LogP contribution >= 0.6 is 23.1 Å². The number of aryl methyl sites for hydroxylation is 2. The van der Waals surface area contributed by atoms with Crippen molar-refractivity contribution in [3.8, 4) is 6.07 Å². The minimum Gasteiger partial charge on any atom is -0.337 e. The highest BCUT2D eigenvalue weighted by Crippen LogP contribution is 2.31. The van der Waals surface area contributed by atoms with E-state index in [-0.39, 0.29) is 17.1 Å². The number of carbonyl (C=O) groups is 1. The van der Waals surface area contributed by atoms with Crippen LogP contribution in [0, 0.1) is 31.1 Å². The molecule has 1 aromatic carbocycles. The Morgan fingerprint density at radius 3 is 2.56 bits per heavy atom. The molecule has 0 aliphatic rings. The largest absolute Gasteiger partial charge is 0.337 e. The summed E-state index contributed by atoms with van der Waals surface area (Å²) < 4.78 is 0.701. The molecule has 0 aliphatic heterocycles. The van der Waals surface area contributed by atoms with Crippen LogP contribution in [0.5, 0.6) is 0 Å². The lowest BCUT2D eigenvalue weighted by Crippen LogP contribution is -2.51. The number of benzene rings is 1. The Bertz CT molecular complexity index is 858. The van der Waals surface area contributed by atoms with E-state index in [2.05, 4.69) is 52.9 Å². The number of nitrogens with one attached hydrogen (secondary N) is 2. The fourth-order valence-electron chi connectivity index (χ4n) is 2.11. The van der Waals surface area contributed by atoms with Crippen LogP contribution in [-0.4, -0.2) is 26.9 Å². The predicted octanol–water partition coefficient (Wildman–Crippen LogP) is 4.43. The van der Waals surface area contributed by atoms with E-state index in [0.717, 1.165) is 5.69 Å². The number of nitriles is 1. The molecule has 0 spiro atoms. The molecule has 0 bridgehead atoms. The van der Waals surface area contributed by atoms with Crippen LogP contribution in [0.1, 0.15) is 38.8 Å². The van der Waals surface area contributed by atoms with Crippen molar-refractivity contribution in [1.82, 2.24) is 15.5 Å². The predicted molar refractivity (Wildman–Crippen MR) is 111 cm³/mol. The third kappa shape index (κ3) is 5.44. The van der Waals surface area contributed by atoms with Crippen molar-refractivity contribution >= 4 is 39.8 Å². The highest BCUT2D eigenvalue weighted by Gasteiger charge is 2.32. The number of thioether (sulfide) groups is 1. The number of anilines is 2. The summed E-state index contributed by atoms with van der Waals surface area (Å²) in [5, 5.41) is 24.0. The SMILES string of the molecule is Cc1ccc(Nc2nnc(SC(C)C(=O)NC(C)(C#N)C(C)C)s2)cc1C. The summed E-state index contributed by atoms with van der Waals surface area (Å²) in [5.41, 5.74) is 2.51. The molecule has 27 heavy (non-hydrogen) atoms. The van der Waals surface area contributed by atoms with Gasteiger partial charge in [-0.2, -0.15) is 5.26 Å². The van der Waals surface area contributed by atoms with E-state index in [0.29, 0.717) is 9.47 Å². The standard InChI is InChI=1S/C19H25N5OS2/c1-11(2)19(6,10-20)22-16(25)14(5)26-18-24-23-17(27-18)21-15-8-7-12(3)13(4)9-15/h7-9,11,14H,1-6H3,(H,21,23)(H,22,25). The van der Waals surface area contributed by atoms with Gasteiger partial charge in [-0.3, -0.25) is 4.79 Å². The Labute approximate surface area is 168 Å². The first-order valence-electron chi connectivity index (χ1n) is 8.72. The van der Waals surface area contributed by atoms with Gasteiger partial charge in [0.1, 0.15) is 5.54 Å². The summed E-state index contributed by atoms with van der Waals surface area (Å²) in [5.74, 6) is -0.171. The molecule has 144 valence electrons. The summed E-state index contributed by atoms with van der Waals surface area (Å²) in [7, 11) is 0. The van der Waals surface area contributed by atoms with Crippen molar-refractivity contribution in [3.63, 3.8) is 0 Å². The van der Waals surface area contributed by atoms with E-state index in [4.69, 9.17) is 0 Å². The highest BCUT2D eigenvalue weighted by molar-refractivity contribution is 8.02. The molecule has 2 N–H and O–H groups in total. The summed E-state index contributed by atoms with van der Waals surface area (Å²) in [4.78, 5) is 12.5. The Morgan fingerprint density at radius 1 is 1.26 bits per heavy atom. The molecule has 0 fully saturated rings. The topological polar surface area (TPSA) is 90.7 Å². The fourth-order valence-corrected chi connectivity index (χ4v) is 4.03. The monoisotopic (exact) mass is 403 g/mol. The second-order valence-electron chi connectivity index (χ2n) is 7.02. The normalized spacial score (nSPS) is 14.3. The van der Waals surface area contributed by atoms with Crippen molar-refractivity contribution in [1.29, 1.82) is 5.26 Å². The first-order valence-corrected chi connectivity index (χ1v) is 10.4. The van der Waals surface area contributed by atoms with E-state index in [9.17, 15) is 10.1 Å². The van der Waals surface area contributed by atoms with Gasteiger partial charge in [-0.15, -0.1) is 10.2 Å². The molecule has 1 aromatic heterocycles. The summed E-state index contributed by atoms with van der Waals surface area (Å²) in [6.45, 7) is 11.5. The van der Waals surface area contributed by atoms with Crippen LogP contribution in [-0.2, 0) is 4.79 Å². The zero-order valence-electron chi connectivity index (χ0n) is 16.5. The lowest BCUT2D eigenvalue weighted by molar-refractivity contribution is -0.121. The Hall–Kier alpha value is -2.11. The molecule has 1 heterocycles. The Balaban J connectivity index is 1.99. The van der Waals surface area contributed by atoms with Crippen LogP contribution in [0.2, 0.25) is 0 Å². The minimum atomic E-state index is -0.886. The van der Waals surface area contributed by atoms with E-state index in [1.54, 1.807) is 13.8 Å². The lowest BCUT2D eigenvalue weighted by atomic mass is 9.90. The maximum atomic E-state index is 12.5. The van der Waals surface area contributed by atoms with Gasteiger partial charge >= 0.3 is 0 Å². The second-order valence-corrected chi connectivity index (χ2v) is 9.58. The van der Waals surface area contributed by atoms with Crippen LogP contribution in [0.25, 0.3) is 0 Å². The molecule has 2 atom stereocenters. The maximum absolute atomic E-state index is 12.5. The van der Waals surface area contributed by atoms with Gasteiger partial charge in [0.25, 0.3) is 0 Å². The molecule has 0 aliphatic carbocycles. The third-order valence-corrected chi connectivity index (χ3v) is 6.60. The number of aromatic nitrogens is 2. The summed E-state index contributed by atoms with van der Waals surface area (Å²) in [6, 6.07) is 8.31. The molecule has 0 saturated carbocycles. The van der Waals surface area contributed by atoms with Crippen LogP contribution in [0.3, 0.4) is 0 Å². The van der Waals surface area contributed by atoms with Gasteiger partial charge in [-0.05, 0) is 56.9 Å². The molecule has 0 saturated heterocycles. The van der Waals surface area contributed by atoms with Crippen molar-refractivity contribution in [2.45, 2.75) is 56.7 Å². The van der Waals surface area contributed by atoms with E-state index < -0.39 is 5.54 Å². The molecule has 8 heteroatoms. The van der Waals surface area contributed by atoms with Crippen LogP contribution in [0.15, 0.2) is 22.5 Å². The number of rotatable bonds is 7. The van der Waals surface area contributed by atoms with E-state index in [1.807, 2.05) is 19.9 Å². The van der Waals surface area contributed by atoms with E-state index in [1.165, 1.54) is 34.2 Å². The molecule has 2 rings (SSSR count). The lowest BCUT2D eigenvalue weighted by Gasteiger charge is -2.28. The average molecular weight is 404 g/mol. The highest BCUT2D eigenvalue weighted by atomic mass is 32.2. The zero-order chi connectivity index (χ0) is 20.2. The van der Waals surface area contributed by atoms with Crippen LogP contribution in [0.4, 0.5) is 10.8 Å². The minimum absolute atomic E-state index is 0.0129. The second kappa shape index (κ2) is 8.72. The van der Waals surface area contributed by atoms with Gasteiger partial charge < -0.3 is 10.6 Å². The molecule has 2 unspecified atom stereocenters. The quantitative estimate of drug-likeness (QED) is 0.665. The van der Waals surface area contributed by atoms with Gasteiger partial charge in [-0.1, -0.05) is 43.0 Å². The third-order valence-electron chi connectivity index (χ3n) is 4.58. The summed E-state index contributed by atoms with van der Waals surface area (Å²) in [6.07, 6.45) is 0. The smallest absolute Gasteiger partial charge is 0.234 e.